The van der Waals surface area contributed by atoms with Crippen LogP contribution in [0.3, 0.4) is 0 Å². The summed E-state index contributed by atoms with van der Waals surface area (Å²) in [5.41, 5.74) is 5.87. The van der Waals surface area contributed by atoms with Crippen molar-refractivity contribution >= 4 is 5.97 Å². The molecule has 0 aliphatic heterocycles. The predicted octanol–water partition coefficient (Wildman–Crippen LogP) is 0.471. The molecule has 1 aliphatic rings. The van der Waals surface area contributed by atoms with Crippen molar-refractivity contribution in [3.05, 3.63) is 33.5 Å². The molecule has 2 unspecified atom stereocenters. The Hall–Kier alpha value is -1.69. The van der Waals surface area contributed by atoms with E-state index in [9.17, 15) is 14.9 Å². The number of hydrogen-bond acceptors (Lipinski definition) is 5. The number of nitro groups is 1. The van der Waals surface area contributed by atoms with Gasteiger partial charge in [-0.15, -0.1) is 0 Å². The number of allylic oxidation sites excluding steroid dienone is 1. The molecule has 0 aromatic carbocycles. The van der Waals surface area contributed by atoms with Crippen LogP contribution < -0.4 is 5.73 Å². The van der Waals surface area contributed by atoms with Gasteiger partial charge in [-0.3, -0.25) is 14.9 Å². The molecule has 16 heavy (non-hydrogen) atoms. The fraction of sp³-hybridized carbons (Fsp3) is 0.500. The van der Waals surface area contributed by atoms with E-state index in [2.05, 4.69) is 4.74 Å². The lowest BCUT2D eigenvalue weighted by atomic mass is 9.84. The normalized spacial score (nSPS) is 24.4. The second kappa shape index (κ2) is 4.89. The van der Waals surface area contributed by atoms with Gasteiger partial charge in [-0.25, -0.2) is 0 Å². The van der Waals surface area contributed by atoms with Crippen molar-refractivity contribution in [1.29, 1.82) is 0 Å². The first-order chi connectivity index (χ1) is 7.52. The quantitative estimate of drug-likeness (QED) is 0.428. The van der Waals surface area contributed by atoms with Crippen LogP contribution in [0.5, 0.6) is 0 Å². The summed E-state index contributed by atoms with van der Waals surface area (Å²) in [6.07, 6.45) is 3.13. The highest BCUT2D eigenvalue weighted by atomic mass is 16.6. The first kappa shape index (κ1) is 12.4. The van der Waals surface area contributed by atoms with Crippen LogP contribution in [0.25, 0.3) is 0 Å². The van der Waals surface area contributed by atoms with Crippen LogP contribution in [0.4, 0.5) is 0 Å². The van der Waals surface area contributed by atoms with Gasteiger partial charge in [-0.2, -0.15) is 0 Å². The first-order valence-electron chi connectivity index (χ1n) is 4.86. The zero-order valence-corrected chi connectivity index (χ0v) is 9.17. The average molecular weight is 226 g/mol. The third kappa shape index (κ3) is 2.11. The zero-order chi connectivity index (χ0) is 12.3. The van der Waals surface area contributed by atoms with Gasteiger partial charge in [0.05, 0.1) is 23.9 Å². The van der Waals surface area contributed by atoms with Crippen molar-refractivity contribution in [2.24, 2.45) is 17.6 Å². The molecule has 0 saturated heterocycles. The van der Waals surface area contributed by atoms with Crippen molar-refractivity contribution in [3.63, 3.8) is 0 Å². The molecular weight excluding hydrogens is 212 g/mol. The molecule has 0 aromatic heterocycles. The molecule has 0 aromatic rings. The fourth-order valence-electron chi connectivity index (χ4n) is 1.81. The van der Waals surface area contributed by atoms with E-state index in [1.165, 1.54) is 13.2 Å². The highest BCUT2D eigenvalue weighted by Gasteiger charge is 2.37. The summed E-state index contributed by atoms with van der Waals surface area (Å²) in [7, 11) is 1.26. The minimum absolute atomic E-state index is 0.000370. The van der Waals surface area contributed by atoms with Gasteiger partial charge in [0.1, 0.15) is 0 Å². The summed E-state index contributed by atoms with van der Waals surface area (Å²) in [6.45, 7) is 1.71. The van der Waals surface area contributed by atoms with E-state index in [1.54, 1.807) is 13.0 Å². The van der Waals surface area contributed by atoms with E-state index >= 15 is 0 Å². The van der Waals surface area contributed by atoms with Gasteiger partial charge in [0.15, 0.2) is 0 Å². The second-order valence-corrected chi connectivity index (χ2v) is 3.57. The number of rotatable bonds is 3. The minimum Gasteiger partial charge on any atom is -0.469 e. The maximum absolute atomic E-state index is 11.4. The maximum atomic E-state index is 11.4. The number of carbonyl (C=O) groups excluding carboxylic acids is 1. The molecule has 88 valence electrons. The van der Waals surface area contributed by atoms with E-state index in [1.807, 2.05) is 0 Å². The number of esters is 1. The summed E-state index contributed by atoms with van der Waals surface area (Å²) >= 11 is 0. The number of methoxy groups -OCH3 is 1. The third-order valence-electron chi connectivity index (χ3n) is 2.69. The molecule has 1 rings (SSSR count). The van der Waals surface area contributed by atoms with Crippen LogP contribution in [0, 0.1) is 22.0 Å². The summed E-state index contributed by atoms with van der Waals surface area (Å²) in [5.74, 6) is -1.61. The molecule has 6 nitrogen and oxygen atoms in total. The summed E-state index contributed by atoms with van der Waals surface area (Å²) in [5, 5.41) is 10.9. The highest BCUT2D eigenvalue weighted by Crippen LogP contribution is 2.30. The Morgan fingerprint density at radius 3 is 2.75 bits per heavy atom. The molecule has 0 saturated carbocycles. The molecule has 6 heteroatoms. The highest BCUT2D eigenvalue weighted by molar-refractivity contribution is 5.75. The molecule has 0 spiro atoms. The molecule has 0 amide bonds. The summed E-state index contributed by atoms with van der Waals surface area (Å²) in [6, 6.07) is 0. The molecule has 2 atom stereocenters. The van der Waals surface area contributed by atoms with Crippen molar-refractivity contribution in [2.75, 3.05) is 13.7 Å². The average Bonchev–Trinajstić information content (AvgIpc) is 2.26. The number of nitrogens with two attached hydrogens (primary N) is 1. The van der Waals surface area contributed by atoms with Gasteiger partial charge < -0.3 is 10.5 Å². The lowest BCUT2D eigenvalue weighted by molar-refractivity contribution is -0.435. The van der Waals surface area contributed by atoms with Crippen LogP contribution in [0.15, 0.2) is 23.4 Å². The topological polar surface area (TPSA) is 95.5 Å². The standard InChI is InChI=1S/C10H14N2O4/c1-6-8(10(13)16-2)4-3-7(5-11)9(6)12(14)15/h3-4,6,8H,5,11H2,1-2H3. The van der Waals surface area contributed by atoms with Crippen LogP contribution >= 0.6 is 0 Å². The SMILES string of the molecule is COC(=O)C1C=CC(CN)=C([N+](=O)[O-])C1C. The second-order valence-electron chi connectivity index (χ2n) is 3.57. The predicted molar refractivity (Wildman–Crippen MR) is 56.9 cm³/mol. The van der Waals surface area contributed by atoms with E-state index in [0.717, 1.165) is 0 Å². The molecule has 0 fully saturated rings. The van der Waals surface area contributed by atoms with Gasteiger partial charge in [-0.05, 0) is 0 Å². The lowest BCUT2D eigenvalue weighted by Gasteiger charge is -2.21. The Kier molecular flexibility index (Phi) is 3.78. The molecule has 2 N–H and O–H groups in total. The zero-order valence-electron chi connectivity index (χ0n) is 9.17. The van der Waals surface area contributed by atoms with Gasteiger partial charge >= 0.3 is 5.97 Å². The van der Waals surface area contributed by atoms with Gasteiger partial charge in [0.25, 0.3) is 5.70 Å². The molecule has 0 bridgehead atoms. The Labute approximate surface area is 92.9 Å². The van der Waals surface area contributed by atoms with E-state index < -0.39 is 22.7 Å². The van der Waals surface area contributed by atoms with Crippen LogP contribution in [-0.2, 0) is 9.53 Å². The monoisotopic (exact) mass is 226 g/mol. The Bertz CT molecular complexity index is 373. The smallest absolute Gasteiger partial charge is 0.313 e. The molecular formula is C10H14N2O4. The van der Waals surface area contributed by atoms with Gasteiger partial charge in [0, 0.05) is 12.1 Å². The number of nitrogens with zero attached hydrogens (tertiary/aromatic N) is 1. The van der Waals surface area contributed by atoms with Gasteiger partial charge in [-0.1, -0.05) is 19.1 Å². The van der Waals surface area contributed by atoms with Gasteiger partial charge in [0.2, 0.25) is 0 Å². The van der Waals surface area contributed by atoms with Crippen molar-refractivity contribution in [3.8, 4) is 0 Å². The van der Waals surface area contributed by atoms with Crippen LogP contribution in [0.1, 0.15) is 6.92 Å². The summed E-state index contributed by atoms with van der Waals surface area (Å²) < 4.78 is 4.59. The van der Waals surface area contributed by atoms with Crippen molar-refractivity contribution < 1.29 is 14.5 Å². The summed E-state index contributed by atoms with van der Waals surface area (Å²) in [4.78, 5) is 21.8. The first-order valence-corrected chi connectivity index (χ1v) is 4.86. The Balaban J connectivity index is 3.09. The minimum atomic E-state index is -0.610. The number of ether oxygens (including phenoxy) is 1. The van der Waals surface area contributed by atoms with E-state index in [-0.39, 0.29) is 12.2 Å². The molecule has 1 aliphatic carbocycles. The lowest BCUT2D eigenvalue weighted by Crippen LogP contribution is -2.29. The maximum Gasteiger partial charge on any atom is 0.313 e. The van der Waals surface area contributed by atoms with E-state index in [4.69, 9.17) is 5.73 Å². The van der Waals surface area contributed by atoms with Crippen LogP contribution in [-0.4, -0.2) is 24.5 Å². The fourth-order valence-corrected chi connectivity index (χ4v) is 1.81. The number of hydrogen-bond donors (Lipinski definition) is 1. The largest absolute Gasteiger partial charge is 0.469 e. The van der Waals surface area contributed by atoms with E-state index in [0.29, 0.717) is 5.57 Å². The molecule has 0 heterocycles. The molecule has 0 radical (unpaired) electrons. The third-order valence-corrected chi connectivity index (χ3v) is 2.69. The number of carbonyl (C=O) groups is 1. The Morgan fingerprint density at radius 2 is 2.31 bits per heavy atom. The van der Waals surface area contributed by atoms with Crippen molar-refractivity contribution in [2.45, 2.75) is 6.92 Å². The van der Waals surface area contributed by atoms with Crippen molar-refractivity contribution in [1.82, 2.24) is 0 Å². The Morgan fingerprint density at radius 1 is 1.69 bits per heavy atom. The van der Waals surface area contributed by atoms with Crippen LogP contribution in [0.2, 0.25) is 0 Å².